The van der Waals surface area contributed by atoms with Crippen LogP contribution >= 0.6 is 0 Å². The molecule has 1 saturated heterocycles. The molecule has 2 heteroatoms. The summed E-state index contributed by atoms with van der Waals surface area (Å²) in [6.07, 6.45) is 5.67. The highest BCUT2D eigenvalue weighted by Crippen LogP contribution is 2.37. The van der Waals surface area contributed by atoms with Crippen LogP contribution in [0.5, 0.6) is 0 Å². The van der Waals surface area contributed by atoms with Gasteiger partial charge in [0, 0.05) is 12.6 Å². The number of hydrogen-bond donors (Lipinski definition) is 1. The van der Waals surface area contributed by atoms with Gasteiger partial charge in [0.15, 0.2) is 0 Å². The summed E-state index contributed by atoms with van der Waals surface area (Å²) in [5.41, 5.74) is 6.08. The molecule has 0 amide bonds. The molecule has 2 unspecified atom stereocenters. The third-order valence-corrected chi connectivity index (χ3v) is 4.15. The van der Waals surface area contributed by atoms with Crippen molar-refractivity contribution in [1.82, 2.24) is 4.90 Å². The molecule has 2 fully saturated rings. The van der Waals surface area contributed by atoms with Gasteiger partial charge in [-0.1, -0.05) is 13.8 Å². The summed E-state index contributed by atoms with van der Waals surface area (Å²) < 4.78 is 0. The first-order chi connectivity index (χ1) is 6.61. The fraction of sp³-hybridized carbons (Fsp3) is 1.00. The average Bonchev–Trinajstić information content (AvgIpc) is 2.76. The van der Waals surface area contributed by atoms with Crippen LogP contribution < -0.4 is 5.73 Å². The smallest absolute Gasteiger partial charge is 0.00986 e. The first-order valence-electron chi connectivity index (χ1n) is 6.05. The maximum atomic E-state index is 5.75. The van der Waals surface area contributed by atoms with Crippen molar-refractivity contribution in [2.24, 2.45) is 17.1 Å². The summed E-state index contributed by atoms with van der Waals surface area (Å²) in [6.45, 7) is 8.01. The number of fused-ring (bicyclic) bond motifs is 2. The zero-order valence-corrected chi connectivity index (χ0v) is 9.63. The second-order valence-electron chi connectivity index (χ2n) is 5.95. The normalized spacial score (nSPS) is 32.8. The molecule has 2 atom stereocenters. The third kappa shape index (κ3) is 2.12. The Morgan fingerprint density at radius 1 is 1.36 bits per heavy atom. The molecule has 2 nitrogen and oxygen atoms in total. The van der Waals surface area contributed by atoms with Crippen molar-refractivity contribution in [2.45, 2.75) is 45.6 Å². The Bertz CT molecular complexity index is 200. The quantitative estimate of drug-likeness (QED) is 0.743. The molecule has 0 aromatic rings. The zero-order valence-electron chi connectivity index (χ0n) is 9.63. The Balaban J connectivity index is 1.77. The van der Waals surface area contributed by atoms with Crippen LogP contribution in [0, 0.1) is 11.3 Å². The molecule has 1 aliphatic heterocycles. The molecule has 1 heterocycles. The van der Waals surface area contributed by atoms with E-state index in [-0.39, 0.29) is 0 Å². The van der Waals surface area contributed by atoms with E-state index in [2.05, 4.69) is 18.7 Å². The maximum absolute atomic E-state index is 5.75. The van der Waals surface area contributed by atoms with Crippen LogP contribution in [-0.4, -0.2) is 30.6 Å². The number of rotatable bonds is 4. The number of likely N-dealkylation sites (tertiary alicyclic amines) is 1. The third-order valence-electron chi connectivity index (χ3n) is 4.15. The van der Waals surface area contributed by atoms with Crippen LogP contribution in [0.3, 0.4) is 0 Å². The van der Waals surface area contributed by atoms with E-state index in [1.807, 2.05) is 0 Å². The summed E-state index contributed by atoms with van der Waals surface area (Å²) >= 11 is 0. The minimum atomic E-state index is 0.335. The number of nitrogens with two attached hydrogens (primary N) is 1. The van der Waals surface area contributed by atoms with Crippen LogP contribution in [0.2, 0.25) is 0 Å². The number of nitrogens with zero attached hydrogens (tertiary/aromatic N) is 1. The zero-order chi connectivity index (χ0) is 10.2. The van der Waals surface area contributed by atoms with Crippen LogP contribution in [0.4, 0.5) is 0 Å². The van der Waals surface area contributed by atoms with E-state index in [0.29, 0.717) is 5.41 Å². The highest BCUT2D eigenvalue weighted by molar-refractivity contribution is 4.92. The van der Waals surface area contributed by atoms with Gasteiger partial charge >= 0.3 is 0 Å². The lowest BCUT2D eigenvalue weighted by molar-refractivity contribution is 0.180. The van der Waals surface area contributed by atoms with E-state index in [0.717, 1.165) is 18.5 Å². The average molecular weight is 196 g/mol. The van der Waals surface area contributed by atoms with E-state index < -0.39 is 0 Å². The van der Waals surface area contributed by atoms with E-state index in [1.54, 1.807) is 0 Å². The highest BCUT2D eigenvalue weighted by Gasteiger charge is 2.37. The number of piperidine rings is 1. The predicted octanol–water partition coefficient (Wildman–Crippen LogP) is 1.85. The summed E-state index contributed by atoms with van der Waals surface area (Å²) in [5.74, 6) is 1.03. The van der Waals surface area contributed by atoms with Gasteiger partial charge in [-0.3, -0.25) is 0 Å². The Kier molecular flexibility index (Phi) is 2.85. The summed E-state index contributed by atoms with van der Waals surface area (Å²) in [4.78, 5) is 2.70. The lowest BCUT2D eigenvalue weighted by atomic mass is 9.89. The van der Waals surface area contributed by atoms with Crippen molar-refractivity contribution in [3.63, 3.8) is 0 Å². The molecule has 1 aliphatic carbocycles. The fourth-order valence-electron chi connectivity index (χ4n) is 2.85. The minimum absolute atomic E-state index is 0.335. The van der Waals surface area contributed by atoms with Crippen LogP contribution in [0.25, 0.3) is 0 Å². The van der Waals surface area contributed by atoms with Crippen molar-refractivity contribution in [1.29, 1.82) is 0 Å². The summed E-state index contributed by atoms with van der Waals surface area (Å²) in [7, 11) is 0. The maximum Gasteiger partial charge on any atom is 0.00986 e. The fourth-order valence-corrected chi connectivity index (χ4v) is 2.85. The van der Waals surface area contributed by atoms with Crippen LogP contribution in [-0.2, 0) is 0 Å². The van der Waals surface area contributed by atoms with Crippen molar-refractivity contribution in [2.75, 3.05) is 19.6 Å². The van der Waals surface area contributed by atoms with Gasteiger partial charge in [0.25, 0.3) is 0 Å². The largest absolute Gasteiger partial charge is 0.330 e. The standard InChI is InChI=1S/C12H24N2/c1-12(2,9-13)5-6-14-8-10-3-4-11(14)7-10/h10-11H,3-9,13H2,1-2H3. The van der Waals surface area contributed by atoms with Crippen molar-refractivity contribution < 1.29 is 0 Å². The van der Waals surface area contributed by atoms with Crippen molar-refractivity contribution in [3.05, 3.63) is 0 Å². The molecule has 2 rings (SSSR count). The van der Waals surface area contributed by atoms with Gasteiger partial charge in [-0.05, 0) is 50.1 Å². The summed E-state index contributed by atoms with van der Waals surface area (Å²) in [5, 5.41) is 0. The van der Waals surface area contributed by atoms with Gasteiger partial charge in [-0.25, -0.2) is 0 Å². The lowest BCUT2D eigenvalue weighted by Gasteiger charge is -2.31. The first kappa shape index (κ1) is 10.4. The van der Waals surface area contributed by atoms with Gasteiger partial charge in [0.1, 0.15) is 0 Å². The minimum Gasteiger partial charge on any atom is -0.330 e. The van der Waals surface area contributed by atoms with Gasteiger partial charge < -0.3 is 10.6 Å². The van der Waals surface area contributed by atoms with E-state index in [9.17, 15) is 0 Å². The molecule has 0 aromatic heterocycles. The molecule has 2 aliphatic rings. The van der Waals surface area contributed by atoms with E-state index >= 15 is 0 Å². The Labute approximate surface area is 87.8 Å². The molecular weight excluding hydrogens is 172 g/mol. The van der Waals surface area contributed by atoms with Gasteiger partial charge in [0.05, 0.1) is 0 Å². The Morgan fingerprint density at radius 3 is 2.64 bits per heavy atom. The van der Waals surface area contributed by atoms with Crippen LogP contribution in [0.15, 0.2) is 0 Å². The SMILES string of the molecule is CC(C)(CN)CCN1CC2CCC1C2. The molecule has 14 heavy (non-hydrogen) atoms. The Hall–Kier alpha value is -0.0800. The molecule has 2 N–H and O–H groups in total. The number of hydrogen-bond acceptors (Lipinski definition) is 2. The molecule has 0 radical (unpaired) electrons. The van der Waals surface area contributed by atoms with Gasteiger partial charge in [-0.15, -0.1) is 0 Å². The topological polar surface area (TPSA) is 29.3 Å². The molecule has 1 saturated carbocycles. The Morgan fingerprint density at radius 2 is 2.14 bits per heavy atom. The molecule has 2 bridgehead atoms. The second-order valence-corrected chi connectivity index (χ2v) is 5.95. The first-order valence-corrected chi connectivity index (χ1v) is 6.05. The van der Waals surface area contributed by atoms with E-state index in [4.69, 9.17) is 5.73 Å². The molecule has 0 spiro atoms. The van der Waals surface area contributed by atoms with E-state index in [1.165, 1.54) is 38.8 Å². The van der Waals surface area contributed by atoms with Crippen molar-refractivity contribution in [3.8, 4) is 0 Å². The summed E-state index contributed by atoms with van der Waals surface area (Å²) in [6, 6.07) is 0.925. The molecular formula is C12H24N2. The monoisotopic (exact) mass is 196 g/mol. The van der Waals surface area contributed by atoms with Gasteiger partial charge in [-0.2, -0.15) is 0 Å². The second kappa shape index (κ2) is 3.82. The highest BCUT2D eigenvalue weighted by atomic mass is 15.2. The molecule has 82 valence electrons. The van der Waals surface area contributed by atoms with Crippen molar-refractivity contribution >= 4 is 0 Å². The van der Waals surface area contributed by atoms with Gasteiger partial charge in [0.2, 0.25) is 0 Å². The van der Waals surface area contributed by atoms with Crippen LogP contribution in [0.1, 0.15) is 39.5 Å². The molecule has 0 aromatic carbocycles. The lowest BCUT2D eigenvalue weighted by Crippen LogP contribution is -2.36. The predicted molar refractivity (Wildman–Crippen MR) is 60.2 cm³/mol.